The molecule has 2 heterocycles. The van der Waals surface area contributed by atoms with Crippen LogP contribution < -0.4 is 9.64 Å². The van der Waals surface area contributed by atoms with Crippen molar-refractivity contribution in [3.8, 4) is 5.75 Å². The number of hydrogen-bond acceptors (Lipinski definition) is 4. The number of nitrogens with zero attached hydrogens (tertiary/aromatic N) is 3. The van der Waals surface area contributed by atoms with Crippen molar-refractivity contribution in [1.82, 2.24) is 4.90 Å². The minimum absolute atomic E-state index is 0.255. The first-order chi connectivity index (χ1) is 11.7. The summed E-state index contributed by atoms with van der Waals surface area (Å²) in [6.45, 7) is 2.43. The molecule has 3 aliphatic rings. The SMILES string of the molecule is CCOc1cccc(N2C(=O)C3C=NC4=C(CCCC4)N3C2=O)c1. The maximum Gasteiger partial charge on any atom is 0.336 e. The second kappa shape index (κ2) is 5.78. The summed E-state index contributed by atoms with van der Waals surface area (Å²) in [5.41, 5.74) is 2.40. The summed E-state index contributed by atoms with van der Waals surface area (Å²) in [6, 6.07) is 6.17. The highest BCUT2D eigenvalue weighted by Gasteiger charge is 2.48. The van der Waals surface area contributed by atoms with Crippen molar-refractivity contribution in [2.24, 2.45) is 4.99 Å². The summed E-state index contributed by atoms with van der Waals surface area (Å²) in [5.74, 6) is 0.390. The van der Waals surface area contributed by atoms with Crippen LogP contribution in [0.1, 0.15) is 32.6 Å². The molecule has 24 heavy (non-hydrogen) atoms. The predicted molar refractivity (Wildman–Crippen MR) is 90.1 cm³/mol. The van der Waals surface area contributed by atoms with Crippen LogP contribution in [0.25, 0.3) is 0 Å². The van der Waals surface area contributed by atoms with Gasteiger partial charge in [0.25, 0.3) is 5.91 Å². The number of urea groups is 1. The van der Waals surface area contributed by atoms with Crippen LogP contribution in [0.15, 0.2) is 40.7 Å². The van der Waals surface area contributed by atoms with E-state index in [1.807, 2.05) is 13.0 Å². The third-order valence-electron chi connectivity index (χ3n) is 4.61. The van der Waals surface area contributed by atoms with E-state index in [9.17, 15) is 9.59 Å². The Morgan fingerprint density at radius 1 is 1.25 bits per heavy atom. The van der Waals surface area contributed by atoms with Crippen molar-refractivity contribution in [3.05, 3.63) is 35.7 Å². The molecule has 1 saturated heterocycles. The largest absolute Gasteiger partial charge is 0.494 e. The molecular weight excluding hydrogens is 306 g/mol. The zero-order chi connectivity index (χ0) is 16.7. The van der Waals surface area contributed by atoms with Crippen LogP contribution in [0.3, 0.4) is 0 Å². The van der Waals surface area contributed by atoms with E-state index in [-0.39, 0.29) is 11.9 Å². The standard InChI is InChI=1S/C18H19N3O3/c1-2-24-13-7-5-6-12(10-13)20-17(22)16-11-19-14-8-3-4-9-15(14)21(16)18(20)23/h5-7,10-11,16H,2-4,8-9H2,1H3. The Hall–Kier alpha value is -2.63. The van der Waals surface area contributed by atoms with Crippen LogP contribution in [0.5, 0.6) is 5.75 Å². The summed E-state index contributed by atoms with van der Waals surface area (Å²) < 4.78 is 5.48. The summed E-state index contributed by atoms with van der Waals surface area (Å²) >= 11 is 0. The van der Waals surface area contributed by atoms with E-state index in [0.29, 0.717) is 18.0 Å². The highest BCUT2D eigenvalue weighted by Crippen LogP contribution is 2.37. The molecule has 0 bridgehead atoms. The summed E-state index contributed by atoms with van der Waals surface area (Å²) in [5, 5.41) is 0. The quantitative estimate of drug-likeness (QED) is 0.802. The molecule has 3 amide bonds. The van der Waals surface area contributed by atoms with Gasteiger partial charge in [0, 0.05) is 18.0 Å². The molecule has 1 atom stereocenters. The van der Waals surface area contributed by atoms with Gasteiger partial charge in [-0.3, -0.25) is 14.7 Å². The number of carbonyl (C=O) groups is 2. The van der Waals surface area contributed by atoms with Crippen LogP contribution in [-0.4, -0.2) is 35.7 Å². The molecule has 4 rings (SSSR count). The van der Waals surface area contributed by atoms with Crippen molar-refractivity contribution in [2.75, 3.05) is 11.5 Å². The zero-order valence-electron chi connectivity index (χ0n) is 13.6. The lowest BCUT2D eigenvalue weighted by molar-refractivity contribution is -0.117. The fraction of sp³-hybridized carbons (Fsp3) is 0.389. The fourth-order valence-electron chi connectivity index (χ4n) is 3.53. The number of imide groups is 1. The molecular formula is C18H19N3O3. The summed E-state index contributed by atoms with van der Waals surface area (Å²) in [7, 11) is 0. The third-order valence-corrected chi connectivity index (χ3v) is 4.61. The van der Waals surface area contributed by atoms with Gasteiger partial charge in [-0.25, -0.2) is 9.69 Å². The van der Waals surface area contributed by atoms with Gasteiger partial charge in [-0.2, -0.15) is 0 Å². The van der Waals surface area contributed by atoms with Gasteiger partial charge >= 0.3 is 6.03 Å². The predicted octanol–water partition coefficient (Wildman–Crippen LogP) is 3.09. The Kier molecular flexibility index (Phi) is 3.59. The van der Waals surface area contributed by atoms with Gasteiger partial charge in [0.2, 0.25) is 0 Å². The first-order valence-corrected chi connectivity index (χ1v) is 8.37. The van der Waals surface area contributed by atoms with Crippen LogP contribution in [0, 0.1) is 0 Å². The maximum atomic E-state index is 13.0. The van der Waals surface area contributed by atoms with Gasteiger partial charge in [0.1, 0.15) is 5.75 Å². The second-order valence-electron chi connectivity index (χ2n) is 6.08. The van der Waals surface area contributed by atoms with Gasteiger partial charge in [-0.1, -0.05) is 6.07 Å². The lowest BCUT2D eigenvalue weighted by atomic mass is 9.98. The number of anilines is 1. The maximum absolute atomic E-state index is 13.0. The number of amides is 3. The van der Waals surface area contributed by atoms with Crippen molar-refractivity contribution in [3.63, 3.8) is 0 Å². The van der Waals surface area contributed by atoms with Crippen LogP contribution in [0.4, 0.5) is 10.5 Å². The molecule has 1 unspecified atom stereocenters. The van der Waals surface area contributed by atoms with Crippen molar-refractivity contribution < 1.29 is 14.3 Å². The molecule has 2 aliphatic heterocycles. The highest BCUT2D eigenvalue weighted by atomic mass is 16.5. The van der Waals surface area contributed by atoms with Crippen molar-refractivity contribution in [2.45, 2.75) is 38.6 Å². The molecule has 124 valence electrons. The normalized spacial score (nSPS) is 22.8. The molecule has 6 nitrogen and oxygen atoms in total. The van der Waals surface area contributed by atoms with E-state index in [1.54, 1.807) is 29.3 Å². The number of carbonyl (C=O) groups excluding carboxylic acids is 2. The Morgan fingerprint density at radius 2 is 2.08 bits per heavy atom. The number of aliphatic imine (C=N–C) groups is 1. The number of allylic oxidation sites excluding steroid dienone is 2. The molecule has 1 fully saturated rings. The van der Waals surface area contributed by atoms with Crippen LogP contribution >= 0.6 is 0 Å². The topological polar surface area (TPSA) is 62.2 Å². The average molecular weight is 325 g/mol. The molecule has 6 heteroatoms. The van der Waals surface area contributed by atoms with Crippen LogP contribution in [0.2, 0.25) is 0 Å². The number of hydrogen-bond donors (Lipinski definition) is 0. The monoisotopic (exact) mass is 325 g/mol. The summed E-state index contributed by atoms with van der Waals surface area (Å²) in [6.07, 6.45) is 5.39. The number of fused-ring (bicyclic) bond motifs is 2. The lowest BCUT2D eigenvalue weighted by Crippen LogP contribution is -2.39. The van der Waals surface area contributed by atoms with E-state index >= 15 is 0 Å². The average Bonchev–Trinajstić information content (AvgIpc) is 2.86. The summed E-state index contributed by atoms with van der Waals surface area (Å²) in [4.78, 5) is 33.1. The molecule has 0 spiro atoms. The third kappa shape index (κ3) is 2.21. The van der Waals surface area contributed by atoms with Gasteiger partial charge in [-0.15, -0.1) is 0 Å². The zero-order valence-corrected chi connectivity index (χ0v) is 13.6. The van der Waals surface area contributed by atoms with E-state index in [1.165, 1.54) is 4.90 Å². The van der Waals surface area contributed by atoms with Gasteiger partial charge < -0.3 is 4.74 Å². The Bertz CT molecular complexity index is 769. The second-order valence-corrected chi connectivity index (χ2v) is 6.08. The first-order valence-electron chi connectivity index (χ1n) is 8.37. The molecule has 0 N–H and O–H groups in total. The van der Waals surface area contributed by atoms with E-state index < -0.39 is 6.04 Å². The minimum Gasteiger partial charge on any atom is -0.494 e. The molecule has 1 aliphatic carbocycles. The Balaban J connectivity index is 1.71. The lowest BCUT2D eigenvalue weighted by Gasteiger charge is -2.30. The molecule has 0 saturated carbocycles. The van der Waals surface area contributed by atoms with Gasteiger partial charge in [-0.05, 0) is 44.7 Å². The first kappa shape index (κ1) is 14.9. The van der Waals surface area contributed by atoms with Crippen LogP contribution in [-0.2, 0) is 4.79 Å². The minimum atomic E-state index is -0.620. The fourth-order valence-corrected chi connectivity index (χ4v) is 3.53. The van der Waals surface area contributed by atoms with Crippen molar-refractivity contribution in [1.29, 1.82) is 0 Å². The number of ether oxygens (including phenoxy) is 1. The van der Waals surface area contributed by atoms with Gasteiger partial charge in [0.15, 0.2) is 6.04 Å². The Morgan fingerprint density at radius 3 is 2.92 bits per heavy atom. The van der Waals surface area contributed by atoms with Crippen molar-refractivity contribution >= 4 is 23.8 Å². The molecule has 1 aromatic carbocycles. The molecule has 0 radical (unpaired) electrons. The Labute approximate surface area is 140 Å². The highest BCUT2D eigenvalue weighted by molar-refractivity contribution is 6.27. The number of benzene rings is 1. The molecule has 1 aromatic rings. The van der Waals surface area contributed by atoms with E-state index in [2.05, 4.69) is 4.99 Å². The van der Waals surface area contributed by atoms with E-state index in [0.717, 1.165) is 37.1 Å². The van der Waals surface area contributed by atoms with E-state index in [4.69, 9.17) is 4.74 Å². The van der Waals surface area contributed by atoms with Gasteiger partial charge in [0.05, 0.1) is 18.0 Å². The molecule has 0 aromatic heterocycles. The number of rotatable bonds is 3. The smallest absolute Gasteiger partial charge is 0.336 e.